The number of thiophene rings is 1. The van der Waals surface area contributed by atoms with E-state index in [0.717, 1.165) is 18.1 Å². The van der Waals surface area contributed by atoms with Gasteiger partial charge in [0.15, 0.2) is 5.96 Å². The van der Waals surface area contributed by atoms with Crippen LogP contribution in [0.2, 0.25) is 5.02 Å². The summed E-state index contributed by atoms with van der Waals surface area (Å²) in [5, 5.41) is 15.5. The minimum absolute atomic E-state index is 0.422. The molecule has 8 heteroatoms. The number of nitrogens with one attached hydrogen (secondary N) is 2. The number of rotatable bonds is 7. The van der Waals surface area contributed by atoms with Crippen LogP contribution in [0, 0.1) is 0 Å². The first kappa shape index (κ1) is 19.4. The number of hydrogen-bond donors (Lipinski definition) is 2. The predicted octanol–water partition coefficient (Wildman–Crippen LogP) is 3.96. The molecule has 1 atom stereocenters. The number of halogens is 1. The van der Waals surface area contributed by atoms with E-state index in [0.29, 0.717) is 35.6 Å². The smallest absolute Gasteiger partial charge is 0.228 e. The number of hydrogen-bond acceptors (Lipinski definition) is 5. The van der Waals surface area contributed by atoms with Crippen LogP contribution in [0.1, 0.15) is 24.3 Å². The Labute approximate surface area is 167 Å². The van der Waals surface area contributed by atoms with Gasteiger partial charge in [-0.05, 0) is 40.4 Å². The monoisotopic (exact) mass is 403 g/mol. The van der Waals surface area contributed by atoms with Crippen molar-refractivity contribution < 1.29 is 4.52 Å². The number of benzene rings is 1. The van der Waals surface area contributed by atoms with Gasteiger partial charge in [0, 0.05) is 37.1 Å². The van der Waals surface area contributed by atoms with E-state index < -0.39 is 0 Å². The molecule has 6 nitrogen and oxygen atoms in total. The highest BCUT2D eigenvalue weighted by Crippen LogP contribution is 2.20. The molecule has 2 heterocycles. The standard InChI is InChI=1S/C19H22ClN5OS/c1-13(15-7-9-27-12-15)11-23-19(21-2)22-8-6-17-24-18(25-26-17)14-4-3-5-16(20)10-14/h3-5,7,9-10,12-13H,6,8,11H2,1-2H3,(H2,21,22,23). The summed E-state index contributed by atoms with van der Waals surface area (Å²) < 4.78 is 5.32. The lowest BCUT2D eigenvalue weighted by molar-refractivity contribution is 0.378. The average molecular weight is 404 g/mol. The van der Waals surface area contributed by atoms with E-state index in [-0.39, 0.29) is 0 Å². The van der Waals surface area contributed by atoms with Crippen LogP contribution in [0.3, 0.4) is 0 Å². The Morgan fingerprint density at radius 1 is 1.33 bits per heavy atom. The number of nitrogens with zero attached hydrogens (tertiary/aromatic N) is 3. The second-order valence-corrected chi connectivity index (χ2v) is 7.33. The van der Waals surface area contributed by atoms with Crippen molar-refractivity contribution in [3.8, 4) is 11.4 Å². The second-order valence-electron chi connectivity index (χ2n) is 6.11. The van der Waals surface area contributed by atoms with Crippen molar-refractivity contribution in [1.29, 1.82) is 0 Å². The van der Waals surface area contributed by atoms with Crippen molar-refractivity contribution in [1.82, 2.24) is 20.8 Å². The third kappa shape index (κ3) is 5.55. The SMILES string of the molecule is CN=C(NCCc1nc(-c2cccc(Cl)c2)no1)NCC(C)c1ccsc1. The van der Waals surface area contributed by atoms with Crippen molar-refractivity contribution in [2.75, 3.05) is 20.1 Å². The molecule has 0 saturated heterocycles. The zero-order valence-corrected chi connectivity index (χ0v) is 16.8. The minimum Gasteiger partial charge on any atom is -0.356 e. The molecule has 0 aliphatic heterocycles. The topological polar surface area (TPSA) is 75.3 Å². The van der Waals surface area contributed by atoms with Gasteiger partial charge in [-0.1, -0.05) is 35.8 Å². The van der Waals surface area contributed by atoms with E-state index in [2.05, 4.69) is 49.5 Å². The van der Waals surface area contributed by atoms with E-state index in [4.69, 9.17) is 16.1 Å². The predicted molar refractivity (Wildman–Crippen MR) is 111 cm³/mol. The first-order valence-electron chi connectivity index (χ1n) is 8.71. The molecule has 0 aliphatic rings. The van der Waals surface area contributed by atoms with Gasteiger partial charge in [0.2, 0.25) is 11.7 Å². The molecule has 0 spiro atoms. The van der Waals surface area contributed by atoms with Crippen LogP contribution in [-0.2, 0) is 6.42 Å². The molecule has 27 heavy (non-hydrogen) atoms. The average Bonchev–Trinajstić information content (AvgIpc) is 3.36. The summed E-state index contributed by atoms with van der Waals surface area (Å²) in [4.78, 5) is 8.67. The van der Waals surface area contributed by atoms with E-state index >= 15 is 0 Å². The summed E-state index contributed by atoms with van der Waals surface area (Å²) in [6.45, 7) is 3.65. The summed E-state index contributed by atoms with van der Waals surface area (Å²) in [5.41, 5.74) is 2.17. The molecule has 0 bridgehead atoms. The van der Waals surface area contributed by atoms with Crippen LogP contribution in [-0.4, -0.2) is 36.2 Å². The van der Waals surface area contributed by atoms with E-state index in [1.807, 2.05) is 24.3 Å². The summed E-state index contributed by atoms with van der Waals surface area (Å²) >= 11 is 7.72. The Morgan fingerprint density at radius 2 is 2.22 bits per heavy atom. The molecule has 0 saturated carbocycles. The van der Waals surface area contributed by atoms with Gasteiger partial charge in [0.05, 0.1) is 0 Å². The lowest BCUT2D eigenvalue weighted by Crippen LogP contribution is -2.39. The van der Waals surface area contributed by atoms with Crippen molar-refractivity contribution in [3.63, 3.8) is 0 Å². The molecular formula is C19H22ClN5OS. The van der Waals surface area contributed by atoms with Gasteiger partial charge in [0.1, 0.15) is 0 Å². The lowest BCUT2D eigenvalue weighted by atomic mass is 10.1. The Hall–Kier alpha value is -2.38. The van der Waals surface area contributed by atoms with E-state index in [1.54, 1.807) is 18.4 Å². The highest BCUT2D eigenvalue weighted by atomic mass is 35.5. The summed E-state index contributed by atoms with van der Waals surface area (Å²) in [6.07, 6.45) is 0.606. The maximum absolute atomic E-state index is 6.00. The first-order valence-corrected chi connectivity index (χ1v) is 10.0. The quantitative estimate of drug-likeness (QED) is 0.461. The van der Waals surface area contributed by atoms with Gasteiger partial charge in [-0.15, -0.1) is 0 Å². The third-order valence-electron chi connectivity index (χ3n) is 4.09. The van der Waals surface area contributed by atoms with Gasteiger partial charge in [-0.2, -0.15) is 16.3 Å². The molecule has 0 aliphatic carbocycles. The number of aromatic nitrogens is 2. The van der Waals surface area contributed by atoms with Crippen molar-refractivity contribution in [2.45, 2.75) is 19.3 Å². The molecule has 0 radical (unpaired) electrons. The van der Waals surface area contributed by atoms with Gasteiger partial charge in [-0.3, -0.25) is 4.99 Å². The Balaban J connectivity index is 1.46. The van der Waals surface area contributed by atoms with E-state index in [9.17, 15) is 0 Å². The van der Waals surface area contributed by atoms with Crippen LogP contribution in [0.5, 0.6) is 0 Å². The van der Waals surface area contributed by atoms with Gasteiger partial charge in [0.25, 0.3) is 0 Å². The molecular weight excluding hydrogens is 382 g/mol. The fourth-order valence-electron chi connectivity index (χ4n) is 2.53. The maximum atomic E-state index is 6.00. The Bertz CT molecular complexity index is 878. The number of guanidine groups is 1. The summed E-state index contributed by atoms with van der Waals surface area (Å²) in [5.74, 6) is 2.29. The fraction of sp³-hybridized carbons (Fsp3) is 0.316. The van der Waals surface area contributed by atoms with Crippen LogP contribution < -0.4 is 10.6 Å². The van der Waals surface area contributed by atoms with Crippen molar-refractivity contribution in [2.24, 2.45) is 4.99 Å². The molecule has 0 fully saturated rings. The largest absolute Gasteiger partial charge is 0.356 e. The number of aliphatic imine (C=N–C) groups is 1. The van der Waals surface area contributed by atoms with Crippen LogP contribution in [0.15, 0.2) is 50.6 Å². The highest BCUT2D eigenvalue weighted by Gasteiger charge is 2.10. The second kappa shape index (κ2) is 9.53. The van der Waals surface area contributed by atoms with Crippen LogP contribution >= 0.6 is 22.9 Å². The third-order valence-corrected chi connectivity index (χ3v) is 5.03. The minimum atomic E-state index is 0.422. The first-order chi connectivity index (χ1) is 13.2. The lowest BCUT2D eigenvalue weighted by Gasteiger charge is -2.15. The normalized spacial score (nSPS) is 12.8. The van der Waals surface area contributed by atoms with Gasteiger partial charge >= 0.3 is 0 Å². The molecule has 1 unspecified atom stereocenters. The molecule has 2 N–H and O–H groups in total. The van der Waals surface area contributed by atoms with Crippen LogP contribution in [0.25, 0.3) is 11.4 Å². The molecule has 3 rings (SSSR count). The molecule has 3 aromatic rings. The van der Waals surface area contributed by atoms with E-state index in [1.165, 1.54) is 5.56 Å². The van der Waals surface area contributed by atoms with Crippen molar-refractivity contribution in [3.05, 3.63) is 57.6 Å². The maximum Gasteiger partial charge on any atom is 0.228 e. The fourth-order valence-corrected chi connectivity index (χ4v) is 3.51. The zero-order valence-electron chi connectivity index (χ0n) is 15.3. The van der Waals surface area contributed by atoms with Gasteiger partial charge in [-0.25, -0.2) is 0 Å². The highest BCUT2D eigenvalue weighted by molar-refractivity contribution is 7.07. The van der Waals surface area contributed by atoms with Crippen molar-refractivity contribution >= 4 is 28.9 Å². The molecule has 2 aromatic heterocycles. The molecule has 142 valence electrons. The Kier molecular flexibility index (Phi) is 6.84. The van der Waals surface area contributed by atoms with Gasteiger partial charge < -0.3 is 15.2 Å². The molecule has 1 aromatic carbocycles. The van der Waals surface area contributed by atoms with Crippen LogP contribution in [0.4, 0.5) is 0 Å². The summed E-state index contributed by atoms with van der Waals surface area (Å²) in [6, 6.07) is 9.55. The summed E-state index contributed by atoms with van der Waals surface area (Å²) in [7, 11) is 1.76. The zero-order chi connectivity index (χ0) is 19.1. The molecule has 0 amide bonds. The Morgan fingerprint density at radius 3 is 2.96 bits per heavy atom.